The van der Waals surface area contributed by atoms with Crippen molar-refractivity contribution < 1.29 is 0 Å². The molecule has 2 aromatic rings. The van der Waals surface area contributed by atoms with Crippen LogP contribution in [0.25, 0.3) is 0 Å². The number of aromatic amines is 1. The molecule has 0 spiro atoms. The Morgan fingerprint density at radius 2 is 2.00 bits per heavy atom. The first-order chi connectivity index (χ1) is 8.58. The van der Waals surface area contributed by atoms with Gasteiger partial charge in [0.25, 0.3) is 0 Å². The SMILES string of the molecule is Cc1ccc(/C=N\n2c(C(C)C)n[nH]c2=S)cc1. The second-order valence-corrected chi connectivity index (χ2v) is 4.90. The zero-order chi connectivity index (χ0) is 13.1. The van der Waals surface area contributed by atoms with Crippen LogP contribution in [0.3, 0.4) is 0 Å². The van der Waals surface area contributed by atoms with E-state index in [4.69, 9.17) is 12.2 Å². The molecule has 2 rings (SSSR count). The fraction of sp³-hybridized carbons (Fsp3) is 0.308. The zero-order valence-electron chi connectivity index (χ0n) is 10.7. The smallest absolute Gasteiger partial charge is 0.216 e. The normalized spacial score (nSPS) is 11.6. The number of nitrogens with zero attached hydrogens (tertiary/aromatic N) is 3. The average Bonchev–Trinajstić information content (AvgIpc) is 2.70. The Labute approximate surface area is 111 Å². The summed E-state index contributed by atoms with van der Waals surface area (Å²) in [5, 5.41) is 11.3. The van der Waals surface area contributed by atoms with E-state index < -0.39 is 0 Å². The Bertz CT molecular complexity index is 605. The van der Waals surface area contributed by atoms with E-state index in [-0.39, 0.29) is 5.92 Å². The van der Waals surface area contributed by atoms with Gasteiger partial charge in [-0.05, 0) is 24.7 Å². The van der Waals surface area contributed by atoms with Gasteiger partial charge in [-0.1, -0.05) is 43.7 Å². The van der Waals surface area contributed by atoms with E-state index in [1.165, 1.54) is 5.56 Å². The Balaban J connectivity index is 2.31. The molecule has 5 heteroatoms. The first-order valence-electron chi connectivity index (χ1n) is 5.86. The van der Waals surface area contributed by atoms with Crippen molar-refractivity contribution in [3.63, 3.8) is 0 Å². The van der Waals surface area contributed by atoms with Crippen LogP contribution in [-0.2, 0) is 0 Å². The lowest BCUT2D eigenvalue weighted by Crippen LogP contribution is -2.00. The summed E-state index contributed by atoms with van der Waals surface area (Å²) in [6.45, 7) is 6.18. The molecule has 0 radical (unpaired) electrons. The monoisotopic (exact) mass is 260 g/mol. The van der Waals surface area contributed by atoms with E-state index in [0.717, 1.165) is 11.4 Å². The standard InChI is InChI=1S/C13H16N4S/c1-9(2)12-15-16-13(18)17(12)14-8-11-6-4-10(3)5-7-11/h4-9H,1-3H3,(H,16,18)/b14-8-. The number of rotatable bonds is 3. The lowest BCUT2D eigenvalue weighted by atomic mass is 10.2. The predicted octanol–water partition coefficient (Wildman–Crippen LogP) is 3.25. The lowest BCUT2D eigenvalue weighted by Gasteiger charge is -2.02. The summed E-state index contributed by atoms with van der Waals surface area (Å²) < 4.78 is 2.18. The summed E-state index contributed by atoms with van der Waals surface area (Å²) in [7, 11) is 0. The van der Waals surface area contributed by atoms with Crippen molar-refractivity contribution in [2.45, 2.75) is 26.7 Å². The summed E-state index contributed by atoms with van der Waals surface area (Å²) in [4.78, 5) is 0. The molecule has 0 saturated carbocycles. The van der Waals surface area contributed by atoms with Gasteiger partial charge in [-0.15, -0.1) is 0 Å². The molecule has 0 bridgehead atoms. The minimum Gasteiger partial charge on any atom is -0.250 e. The molecule has 0 fully saturated rings. The maximum absolute atomic E-state index is 5.16. The number of hydrogen-bond donors (Lipinski definition) is 1. The summed E-state index contributed by atoms with van der Waals surface area (Å²) in [5.74, 6) is 1.11. The van der Waals surface area contributed by atoms with Crippen molar-refractivity contribution in [3.8, 4) is 0 Å². The van der Waals surface area contributed by atoms with E-state index in [0.29, 0.717) is 4.77 Å². The third-order valence-electron chi connectivity index (χ3n) is 2.59. The first-order valence-corrected chi connectivity index (χ1v) is 6.27. The van der Waals surface area contributed by atoms with Crippen LogP contribution in [-0.4, -0.2) is 21.1 Å². The van der Waals surface area contributed by atoms with Crippen LogP contribution in [0, 0.1) is 11.7 Å². The molecule has 0 atom stereocenters. The minimum atomic E-state index is 0.271. The highest BCUT2D eigenvalue weighted by atomic mass is 32.1. The first kappa shape index (κ1) is 12.7. The van der Waals surface area contributed by atoms with Gasteiger partial charge in [0.1, 0.15) is 0 Å². The van der Waals surface area contributed by atoms with E-state index in [2.05, 4.69) is 48.2 Å². The molecule has 0 aliphatic rings. The molecule has 4 nitrogen and oxygen atoms in total. The molecule has 0 aliphatic carbocycles. The molecule has 0 aliphatic heterocycles. The van der Waals surface area contributed by atoms with E-state index in [1.807, 2.05) is 12.1 Å². The van der Waals surface area contributed by atoms with Gasteiger partial charge in [0.2, 0.25) is 4.77 Å². The molecule has 0 unspecified atom stereocenters. The van der Waals surface area contributed by atoms with Gasteiger partial charge in [0.15, 0.2) is 5.82 Å². The fourth-order valence-electron chi connectivity index (χ4n) is 1.57. The van der Waals surface area contributed by atoms with Crippen LogP contribution >= 0.6 is 12.2 Å². The van der Waals surface area contributed by atoms with E-state index >= 15 is 0 Å². The van der Waals surface area contributed by atoms with Crippen LogP contribution in [0.5, 0.6) is 0 Å². The lowest BCUT2D eigenvalue weighted by molar-refractivity contribution is 0.695. The van der Waals surface area contributed by atoms with E-state index in [9.17, 15) is 0 Å². The minimum absolute atomic E-state index is 0.271. The Morgan fingerprint density at radius 1 is 1.33 bits per heavy atom. The van der Waals surface area contributed by atoms with Crippen LogP contribution in [0.2, 0.25) is 0 Å². The zero-order valence-corrected chi connectivity index (χ0v) is 11.5. The Kier molecular flexibility index (Phi) is 3.72. The number of nitrogens with one attached hydrogen (secondary N) is 1. The highest BCUT2D eigenvalue weighted by Gasteiger charge is 2.08. The van der Waals surface area contributed by atoms with Crippen molar-refractivity contribution in [3.05, 3.63) is 46.0 Å². The maximum Gasteiger partial charge on any atom is 0.216 e. The Morgan fingerprint density at radius 3 is 2.61 bits per heavy atom. The molecular formula is C13H16N4S. The van der Waals surface area contributed by atoms with Gasteiger partial charge in [0, 0.05) is 5.92 Å². The summed E-state index contributed by atoms with van der Waals surface area (Å²) in [6.07, 6.45) is 1.79. The van der Waals surface area contributed by atoms with Crippen molar-refractivity contribution in [1.29, 1.82) is 0 Å². The highest BCUT2D eigenvalue weighted by Crippen LogP contribution is 2.11. The third-order valence-corrected chi connectivity index (χ3v) is 2.86. The molecule has 1 aromatic heterocycles. The molecule has 94 valence electrons. The summed E-state index contributed by atoms with van der Waals surface area (Å²) >= 11 is 5.16. The number of aryl methyl sites for hydroxylation is 1. The molecule has 18 heavy (non-hydrogen) atoms. The molecule has 1 N–H and O–H groups in total. The number of hydrogen-bond acceptors (Lipinski definition) is 3. The van der Waals surface area contributed by atoms with Gasteiger partial charge in [-0.25, -0.2) is 0 Å². The number of aromatic nitrogens is 3. The second kappa shape index (κ2) is 5.27. The van der Waals surface area contributed by atoms with Gasteiger partial charge < -0.3 is 0 Å². The maximum atomic E-state index is 5.16. The summed E-state index contributed by atoms with van der Waals surface area (Å²) in [5.41, 5.74) is 2.27. The van der Waals surface area contributed by atoms with Crippen molar-refractivity contribution >= 4 is 18.4 Å². The molecule has 1 heterocycles. The van der Waals surface area contributed by atoms with Gasteiger partial charge in [0.05, 0.1) is 6.21 Å². The van der Waals surface area contributed by atoms with Gasteiger partial charge in [-0.3, -0.25) is 5.10 Å². The quantitative estimate of drug-likeness (QED) is 0.680. The topological polar surface area (TPSA) is 46.0 Å². The molecule has 0 saturated heterocycles. The largest absolute Gasteiger partial charge is 0.250 e. The average molecular weight is 260 g/mol. The molecular weight excluding hydrogens is 244 g/mol. The van der Waals surface area contributed by atoms with Crippen LogP contribution < -0.4 is 0 Å². The van der Waals surface area contributed by atoms with Crippen molar-refractivity contribution in [2.75, 3.05) is 0 Å². The van der Waals surface area contributed by atoms with Gasteiger partial charge in [-0.2, -0.15) is 14.9 Å². The second-order valence-electron chi connectivity index (χ2n) is 4.51. The van der Waals surface area contributed by atoms with Crippen LogP contribution in [0.1, 0.15) is 36.7 Å². The molecule has 0 amide bonds. The van der Waals surface area contributed by atoms with Crippen molar-refractivity contribution in [2.24, 2.45) is 5.10 Å². The third kappa shape index (κ3) is 2.73. The summed E-state index contributed by atoms with van der Waals surface area (Å²) in [6, 6.07) is 8.16. The Hall–Kier alpha value is -1.75. The number of benzene rings is 1. The fourth-order valence-corrected chi connectivity index (χ4v) is 1.75. The van der Waals surface area contributed by atoms with E-state index in [1.54, 1.807) is 10.9 Å². The van der Waals surface area contributed by atoms with Gasteiger partial charge >= 0.3 is 0 Å². The highest BCUT2D eigenvalue weighted by molar-refractivity contribution is 7.71. The van der Waals surface area contributed by atoms with Crippen molar-refractivity contribution in [1.82, 2.24) is 14.9 Å². The number of H-pyrrole nitrogens is 1. The molecule has 1 aromatic carbocycles. The predicted molar refractivity (Wildman–Crippen MR) is 75.7 cm³/mol. The van der Waals surface area contributed by atoms with Crippen LogP contribution in [0.15, 0.2) is 29.4 Å². The van der Waals surface area contributed by atoms with Crippen LogP contribution in [0.4, 0.5) is 0 Å².